The minimum atomic E-state index is -0.125. The summed E-state index contributed by atoms with van der Waals surface area (Å²) < 4.78 is 12.6. The van der Waals surface area contributed by atoms with Gasteiger partial charge in [-0.25, -0.2) is 0 Å². The highest BCUT2D eigenvalue weighted by atomic mass is 16.5. The van der Waals surface area contributed by atoms with Crippen molar-refractivity contribution in [2.24, 2.45) is 0 Å². The summed E-state index contributed by atoms with van der Waals surface area (Å²) in [5.41, 5.74) is 3.41. The van der Waals surface area contributed by atoms with E-state index in [9.17, 15) is 4.79 Å². The lowest BCUT2D eigenvalue weighted by Crippen LogP contribution is -2.13. The van der Waals surface area contributed by atoms with Gasteiger partial charge >= 0.3 is 0 Å². The Labute approximate surface area is 130 Å². The third-order valence-corrected chi connectivity index (χ3v) is 3.78. The van der Waals surface area contributed by atoms with Crippen LogP contribution in [-0.4, -0.2) is 24.7 Å². The van der Waals surface area contributed by atoms with Gasteiger partial charge in [-0.1, -0.05) is 0 Å². The maximum absolute atomic E-state index is 12.5. The lowest BCUT2D eigenvalue weighted by Gasteiger charge is -2.11. The number of carbonyl (C=O) groups excluding carboxylic acids is 1. The van der Waals surface area contributed by atoms with Gasteiger partial charge in [0.1, 0.15) is 0 Å². The lowest BCUT2D eigenvalue weighted by atomic mass is 10.2. The molecule has 118 valence electrons. The molecule has 0 aliphatic carbocycles. The molecule has 1 aromatic heterocycles. The third-order valence-electron chi connectivity index (χ3n) is 3.78. The number of benzene rings is 1. The lowest BCUT2D eigenvalue weighted by molar-refractivity contribution is 0.102. The Morgan fingerprint density at radius 3 is 2.36 bits per heavy atom. The molecule has 1 N–H and O–H groups in total. The first-order valence-corrected chi connectivity index (χ1v) is 7.21. The molecule has 0 aliphatic heterocycles. The summed E-state index contributed by atoms with van der Waals surface area (Å²) >= 11 is 0. The number of aromatic nitrogens is 1. The number of aryl methyl sites for hydroxylation is 1. The fourth-order valence-corrected chi connectivity index (χ4v) is 2.63. The Balaban J connectivity index is 2.26. The highest BCUT2D eigenvalue weighted by Gasteiger charge is 2.15. The fraction of sp³-hybridized carbons (Fsp3) is 0.353. The molecular weight excluding hydrogens is 280 g/mol. The maximum atomic E-state index is 12.5. The van der Waals surface area contributed by atoms with Crippen molar-refractivity contribution in [1.29, 1.82) is 0 Å². The van der Waals surface area contributed by atoms with E-state index in [-0.39, 0.29) is 5.91 Å². The molecule has 0 radical (unpaired) electrons. The second-order valence-corrected chi connectivity index (χ2v) is 5.05. The summed E-state index contributed by atoms with van der Waals surface area (Å²) in [5, 5.41) is 2.90. The molecule has 2 rings (SSSR count). The predicted octanol–water partition coefficient (Wildman–Crippen LogP) is 3.39. The van der Waals surface area contributed by atoms with E-state index in [0.717, 1.165) is 17.9 Å². The van der Waals surface area contributed by atoms with E-state index < -0.39 is 0 Å². The summed E-state index contributed by atoms with van der Waals surface area (Å²) in [6, 6.07) is 7.21. The molecule has 22 heavy (non-hydrogen) atoms. The Morgan fingerprint density at radius 2 is 1.82 bits per heavy atom. The zero-order chi connectivity index (χ0) is 16.3. The van der Waals surface area contributed by atoms with Gasteiger partial charge in [0, 0.05) is 29.7 Å². The molecule has 1 heterocycles. The molecule has 0 unspecified atom stereocenters. The van der Waals surface area contributed by atoms with Gasteiger partial charge in [0.15, 0.2) is 11.5 Å². The average molecular weight is 302 g/mol. The minimum absolute atomic E-state index is 0.125. The standard InChI is InChI=1S/C17H22N2O3/c1-6-19-11(2)9-14(12(19)3)17(20)18-13-7-8-15(21-4)16(10-13)22-5/h7-10H,6H2,1-5H3,(H,18,20). The summed E-state index contributed by atoms with van der Waals surface area (Å²) in [6.45, 7) is 6.88. The van der Waals surface area contributed by atoms with E-state index in [4.69, 9.17) is 9.47 Å². The van der Waals surface area contributed by atoms with E-state index in [1.165, 1.54) is 0 Å². The summed E-state index contributed by atoms with van der Waals surface area (Å²) in [7, 11) is 3.15. The molecule has 5 nitrogen and oxygen atoms in total. The van der Waals surface area contributed by atoms with Crippen LogP contribution in [0.5, 0.6) is 11.5 Å². The van der Waals surface area contributed by atoms with Gasteiger partial charge in [0.2, 0.25) is 0 Å². The molecule has 0 saturated heterocycles. The van der Waals surface area contributed by atoms with Crippen LogP contribution in [0, 0.1) is 13.8 Å². The van der Waals surface area contributed by atoms with Crippen molar-refractivity contribution in [3.63, 3.8) is 0 Å². The van der Waals surface area contributed by atoms with Gasteiger partial charge in [-0.05, 0) is 39.0 Å². The van der Waals surface area contributed by atoms with Crippen molar-refractivity contribution >= 4 is 11.6 Å². The number of nitrogens with one attached hydrogen (secondary N) is 1. The molecule has 1 aromatic carbocycles. The van der Waals surface area contributed by atoms with Crippen LogP contribution in [0.1, 0.15) is 28.7 Å². The Bertz CT molecular complexity index is 689. The molecule has 0 fully saturated rings. The van der Waals surface area contributed by atoms with Crippen LogP contribution in [-0.2, 0) is 6.54 Å². The number of hydrogen-bond donors (Lipinski definition) is 1. The van der Waals surface area contributed by atoms with Crippen molar-refractivity contribution in [3.05, 3.63) is 41.2 Å². The molecule has 1 amide bonds. The number of hydrogen-bond acceptors (Lipinski definition) is 3. The minimum Gasteiger partial charge on any atom is -0.493 e. The predicted molar refractivity (Wildman–Crippen MR) is 87.1 cm³/mol. The van der Waals surface area contributed by atoms with Crippen LogP contribution in [0.25, 0.3) is 0 Å². The van der Waals surface area contributed by atoms with E-state index in [0.29, 0.717) is 22.7 Å². The van der Waals surface area contributed by atoms with Crippen molar-refractivity contribution in [3.8, 4) is 11.5 Å². The number of methoxy groups -OCH3 is 2. The van der Waals surface area contributed by atoms with Gasteiger partial charge in [-0.2, -0.15) is 0 Å². The van der Waals surface area contributed by atoms with Crippen molar-refractivity contribution in [2.45, 2.75) is 27.3 Å². The maximum Gasteiger partial charge on any atom is 0.257 e. The van der Waals surface area contributed by atoms with E-state index in [1.807, 2.05) is 19.9 Å². The van der Waals surface area contributed by atoms with Crippen LogP contribution in [0.3, 0.4) is 0 Å². The molecule has 5 heteroatoms. The normalized spacial score (nSPS) is 10.4. The highest BCUT2D eigenvalue weighted by molar-refractivity contribution is 6.05. The van der Waals surface area contributed by atoms with Crippen LogP contribution in [0.4, 0.5) is 5.69 Å². The van der Waals surface area contributed by atoms with E-state index in [1.54, 1.807) is 32.4 Å². The van der Waals surface area contributed by atoms with Crippen molar-refractivity contribution < 1.29 is 14.3 Å². The number of carbonyl (C=O) groups is 1. The monoisotopic (exact) mass is 302 g/mol. The van der Waals surface area contributed by atoms with Crippen LogP contribution in [0.2, 0.25) is 0 Å². The molecule has 0 saturated carbocycles. The smallest absolute Gasteiger partial charge is 0.257 e. The Hall–Kier alpha value is -2.43. The molecule has 0 bridgehead atoms. The molecule has 0 spiro atoms. The van der Waals surface area contributed by atoms with Crippen molar-refractivity contribution in [2.75, 3.05) is 19.5 Å². The number of nitrogens with zero attached hydrogens (tertiary/aromatic N) is 1. The number of amides is 1. The Kier molecular flexibility index (Phi) is 4.75. The van der Waals surface area contributed by atoms with Gasteiger partial charge in [-0.15, -0.1) is 0 Å². The fourth-order valence-electron chi connectivity index (χ4n) is 2.63. The second-order valence-electron chi connectivity index (χ2n) is 5.05. The average Bonchev–Trinajstić information content (AvgIpc) is 2.81. The first-order chi connectivity index (χ1) is 10.5. The summed E-state index contributed by atoms with van der Waals surface area (Å²) in [4.78, 5) is 12.5. The first kappa shape index (κ1) is 15.9. The number of anilines is 1. The van der Waals surface area contributed by atoms with Gasteiger partial charge < -0.3 is 19.4 Å². The quantitative estimate of drug-likeness (QED) is 0.921. The molecular formula is C17H22N2O3. The third kappa shape index (κ3) is 2.93. The van der Waals surface area contributed by atoms with Crippen LogP contribution >= 0.6 is 0 Å². The number of rotatable bonds is 5. The van der Waals surface area contributed by atoms with Crippen LogP contribution in [0.15, 0.2) is 24.3 Å². The number of ether oxygens (including phenoxy) is 2. The highest BCUT2D eigenvalue weighted by Crippen LogP contribution is 2.30. The molecule has 2 aromatic rings. The molecule has 0 atom stereocenters. The second kappa shape index (κ2) is 6.56. The van der Waals surface area contributed by atoms with Crippen LogP contribution < -0.4 is 14.8 Å². The Morgan fingerprint density at radius 1 is 1.14 bits per heavy atom. The zero-order valence-electron chi connectivity index (χ0n) is 13.7. The largest absolute Gasteiger partial charge is 0.493 e. The summed E-state index contributed by atoms with van der Waals surface area (Å²) in [5.74, 6) is 1.09. The van der Waals surface area contributed by atoms with Gasteiger partial charge in [-0.3, -0.25) is 4.79 Å². The van der Waals surface area contributed by atoms with Gasteiger partial charge in [0.05, 0.1) is 19.8 Å². The summed E-state index contributed by atoms with van der Waals surface area (Å²) in [6.07, 6.45) is 0. The van der Waals surface area contributed by atoms with Gasteiger partial charge in [0.25, 0.3) is 5.91 Å². The zero-order valence-corrected chi connectivity index (χ0v) is 13.7. The first-order valence-electron chi connectivity index (χ1n) is 7.21. The van der Waals surface area contributed by atoms with E-state index >= 15 is 0 Å². The molecule has 0 aliphatic rings. The van der Waals surface area contributed by atoms with E-state index in [2.05, 4.69) is 16.8 Å². The van der Waals surface area contributed by atoms with Crippen molar-refractivity contribution in [1.82, 2.24) is 4.57 Å². The topological polar surface area (TPSA) is 52.5 Å². The SMILES string of the molecule is CCn1c(C)cc(C(=O)Nc2ccc(OC)c(OC)c2)c1C.